The summed E-state index contributed by atoms with van der Waals surface area (Å²) in [5, 5.41) is 4.83. The fourth-order valence-corrected chi connectivity index (χ4v) is 3.79. The van der Waals surface area contributed by atoms with E-state index in [1.807, 2.05) is 4.68 Å². The minimum absolute atomic E-state index is 0.642. The van der Waals surface area contributed by atoms with Crippen LogP contribution in [0.15, 0.2) is 30.3 Å². The number of hydrogen-bond acceptors (Lipinski definition) is 4. The second kappa shape index (κ2) is 6.69. The molecule has 0 spiro atoms. The van der Waals surface area contributed by atoms with Crippen LogP contribution in [0.2, 0.25) is 0 Å². The van der Waals surface area contributed by atoms with Crippen LogP contribution in [0.4, 0.5) is 5.69 Å². The van der Waals surface area contributed by atoms with Gasteiger partial charge in [-0.1, -0.05) is 18.2 Å². The van der Waals surface area contributed by atoms with Gasteiger partial charge in [0.2, 0.25) is 0 Å². The maximum Gasteiger partial charge on any atom is 0.199 e. The Labute approximate surface area is 148 Å². The quantitative estimate of drug-likeness (QED) is 0.780. The van der Waals surface area contributed by atoms with Gasteiger partial charge in [0.1, 0.15) is 5.82 Å². The van der Waals surface area contributed by atoms with Crippen molar-refractivity contribution in [2.75, 3.05) is 31.1 Å². The molecule has 1 aromatic heterocycles. The van der Waals surface area contributed by atoms with Gasteiger partial charge >= 0.3 is 0 Å². The van der Waals surface area contributed by atoms with E-state index in [9.17, 15) is 0 Å². The van der Waals surface area contributed by atoms with Crippen LogP contribution in [-0.2, 0) is 13.2 Å². The molecule has 2 aliphatic rings. The minimum atomic E-state index is 0.642. The number of anilines is 1. The van der Waals surface area contributed by atoms with Gasteiger partial charge in [-0.25, -0.2) is 4.68 Å². The molecule has 0 N–H and O–H groups in total. The fraction of sp³-hybridized carbons (Fsp3) is 0.556. The molecule has 2 fully saturated rings. The molecule has 0 atom stereocenters. The smallest absolute Gasteiger partial charge is 0.199 e. The summed E-state index contributed by atoms with van der Waals surface area (Å²) in [6.45, 7) is 8.11. The second-order valence-electron chi connectivity index (χ2n) is 6.74. The molecule has 2 heterocycles. The molecule has 0 radical (unpaired) electrons. The first kappa shape index (κ1) is 15.8. The average Bonchev–Trinajstić information content (AvgIpc) is 3.42. The molecule has 4 rings (SSSR count). The fourth-order valence-electron chi connectivity index (χ4n) is 3.47. The monoisotopic (exact) mass is 343 g/mol. The molecule has 1 saturated carbocycles. The summed E-state index contributed by atoms with van der Waals surface area (Å²) in [5.74, 6) is 1.84. The molecule has 128 valence electrons. The maximum absolute atomic E-state index is 5.65. The Hall–Kier alpha value is -1.66. The van der Waals surface area contributed by atoms with Crippen LogP contribution in [-0.4, -0.2) is 45.4 Å². The van der Waals surface area contributed by atoms with Crippen molar-refractivity contribution in [2.45, 2.75) is 38.9 Å². The zero-order valence-corrected chi connectivity index (χ0v) is 15.1. The van der Waals surface area contributed by atoms with E-state index in [-0.39, 0.29) is 0 Å². The Morgan fingerprint density at radius 3 is 2.42 bits per heavy atom. The number of aromatic nitrogens is 3. The number of para-hydroxylation sites is 1. The van der Waals surface area contributed by atoms with Gasteiger partial charge in [-0.15, -0.1) is 0 Å². The van der Waals surface area contributed by atoms with Crippen LogP contribution in [0, 0.1) is 4.77 Å². The third kappa shape index (κ3) is 3.13. The van der Waals surface area contributed by atoms with Crippen molar-refractivity contribution in [3.05, 3.63) is 40.9 Å². The molecule has 1 saturated heterocycles. The summed E-state index contributed by atoms with van der Waals surface area (Å²) < 4.78 is 5.13. The van der Waals surface area contributed by atoms with Crippen LogP contribution in [0.5, 0.6) is 0 Å². The van der Waals surface area contributed by atoms with Crippen molar-refractivity contribution in [3.63, 3.8) is 0 Å². The Balaban J connectivity index is 1.41. The first-order valence-corrected chi connectivity index (χ1v) is 9.37. The molecule has 1 aromatic carbocycles. The lowest BCUT2D eigenvalue weighted by atomic mass is 10.2. The van der Waals surface area contributed by atoms with Gasteiger partial charge in [0.25, 0.3) is 0 Å². The third-order valence-corrected chi connectivity index (χ3v) is 5.47. The van der Waals surface area contributed by atoms with E-state index in [0.29, 0.717) is 5.92 Å². The van der Waals surface area contributed by atoms with E-state index in [1.54, 1.807) is 0 Å². The van der Waals surface area contributed by atoms with Crippen LogP contribution < -0.4 is 4.90 Å². The van der Waals surface area contributed by atoms with Gasteiger partial charge < -0.3 is 9.47 Å². The highest BCUT2D eigenvalue weighted by Crippen LogP contribution is 2.39. The van der Waals surface area contributed by atoms with Crippen LogP contribution in [0.25, 0.3) is 0 Å². The molecule has 1 aliphatic carbocycles. The van der Waals surface area contributed by atoms with E-state index in [0.717, 1.165) is 44.2 Å². The molecule has 0 bridgehead atoms. The predicted molar refractivity (Wildman–Crippen MR) is 98.9 cm³/mol. The zero-order valence-electron chi connectivity index (χ0n) is 14.3. The molecule has 1 aliphatic heterocycles. The van der Waals surface area contributed by atoms with E-state index in [2.05, 4.69) is 51.6 Å². The van der Waals surface area contributed by atoms with Crippen molar-refractivity contribution in [1.82, 2.24) is 19.2 Å². The summed E-state index contributed by atoms with van der Waals surface area (Å²) in [6, 6.07) is 10.7. The highest BCUT2D eigenvalue weighted by molar-refractivity contribution is 7.71. The summed E-state index contributed by atoms with van der Waals surface area (Å²) in [6.07, 6.45) is 2.53. The lowest BCUT2D eigenvalue weighted by Crippen LogP contribution is -2.47. The largest absolute Gasteiger partial charge is 0.369 e. The third-order valence-electron chi connectivity index (χ3n) is 5.04. The molecule has 24 heavy (non-hydrogen) atoms. The molecular weight excluding hydrogens is 318 g/mol. The number of hydrogen-bond donors (Lipinski definition) is 0. The topological polar surface area (TPSA) is 29.2 Å². The first-order valence-electron chi connectivity index (χ1n) is 8.96. The van der Waals surface area contributed by atoms with Crippen LogP contribution >= 0.6 is 12.2 Å². The zero-order chi connectivity index (χ0) is 16.5. The highest BCUT2D eigenvalue weighted by Gasteiger charge is 2.30. The summed E-state index contributed by atoms with van der Waals surface area (Å²) >= 11 is 5.65. The van der Waals surface area contributed by atoms with Crippen molar-refractivity contribution < 1.29 is 0 Å². The average molecular weight is 344 g/mol. The predicted octanol–water partition coefficient (Wildman–Crippen LogP) is 3.09. The van der Waals surface area contributed by atoms with Gasteiger partial charge in [-0.3, -0.25) is 4.90 Å². The molecule has 0 unspecified atom stereocenters. The Morgan fingerprint density at radius 2 is 1.79 bits per heavy atom. The van der Waals surface area contributed by atoms with Crippen molar-refractivity contribution in [2.24, 2.45) is 0 Å². The number of nitrogens with zero attached hydrogens (tertiary/aromatic N) is 5. The van der Waals surface area contributed by atoms with Gasteiger partial charge in [0.15, 0.2) is 4.77 Å². The lowest BCUT2D eigenvalue weighted by molar-refractivity contribution is 0.194. The summed E-state index contributed by atoms with van der Waals surface area (Å²) in [4.78, 5) is 4.91. The standard InChI is InChI=1S/C18H25N5S/c1-2-22-17(15-8-9-15)19-23(18(22)24)14-20-10-12-21(13-11-20)16-6-4-3-5-7-16/h3-7,15H,2,8-14H2,1H3. The molecular formula is C18H25N5S. The van der Waals surface area contributed by atoms with Gasteiger partial charge in [-0.2, -0.15) is 5.10 Å². The Bertz CT molecular complexity index is 739. The van der Waals surface area contributed by atoms with Gasteiger partial charge in [0, 0.05) is 44.3 Å². The molecule has 2 aromatic rings. The first-order chi connectivity index (χ1) is 11.8. The number of piperazine rings is 1. The van der Waals surface area contributed by atoms with Crippen molar-refractivity contribution in [1.29, 1.82) is 0 Å². The summed E-state index contributed by atoms with van der Waals surface area (Å²) in [7, 11) is 0. The SMILES string of the molecule is CCn1c(C2CC2)nn(CN2CCN(c3ccccc3)CC2)c1=S. The lowest BCUT2D eigenvalue weighted by Gasteiger charge is -2.35. The number of benzene rings is 1. The van der Waals surface area contributed by atoms with Crippen LogP contribution in [0.3, 0.4) is 0 Å². The van der Waals surface area contributed by atoms with Crippen LogP contribution in [0.1, 0.15) is 31.5 Å². The molecule has 5 nitrogen and oxygen atoms in total. The normalized spacial score (nSPS) is 19.0. The second-order valence-corrected chi connectivity index (χ2v) is 7.11. The maximum atomic E-state index is 5.65. The van der Waals surface area contributed by atoms with E-state index >= 15 is 0 Å². The van der Waals surface area contributed by atoms with E-state index in [4.69, 9.17) is 17.3 Å². The van der Waals surface area contributed by atoms with Crippen molar-refractivity contribution >= 4 is 17.9 Å². The Kier molecular flexibility index (Phi) is 4.41. The minimum Gasteiger partial charge on any atom is -0.369 e. The van der Waals surface area contributed by atoms with Gasteiger partial charge in [0.05, 0.1) is 6.67 Å². The Morgan fingerprint density at radius 1 is 1.08 bits per heavy atom. The van der Waals surface area contributed by atoms with E-state index < -0.39 is 0 Å². The van der Waals surface area contributed by atoms with E-state index in [1.165, 1.54) is 24.4 Å². The molecule has 0 amide bonds. The van der Waals surface area contributed by atoms with Gasteiger partial charge in [-0.05, 0) is 44.1 Å². The highest BCUT2D eigenvalue weighted by atomic mass is 32.1. The number of rotatable bonds is 5. The molecule has 6 heteroatoms. The summed E-state index contributed by atoms with van der Waals surface area (Å²) in [5.41, 5.74) is 1.32. The van der Waals surface area contributed by atoms with Crippen molar-refractivity contribution in [3.8, 4) is 0 Å².